The van der Waals surface area contributed by atoms with Crippen molar-refractivity contribution in [3.8, 4) is 6.07 Å². The van der Waals surface area contributed by atoms with Gasteiger partial charge < -0.3 is 0 Å². The number of hydrogen-bond donors (Lipinski definition) is 0. The third-order valence-corrected chi connectivity index (χ3v) is 3.72. The molecule has 2 rings (SSSR count). The van der Waals surface area contributed by atoms with Crippen LogP contribution in [0.1, 0.15) is 21.8 Å². The van der Waals surface area contributed by atoms with Crippen LogP contribution in [-0.4, -0.2) is 5.78 Å². The van der Waals surface area contributed by atoms with Crippen LogP contribution in [0.3, 0.4) is 0 Å². The summed E-state index contributed by atoms with van der Waals surface area (Å²) in [7, 11) is 0. The number of benzene rings is 2. The quantitative estimate of drug-likeness (QED) is 0.749. The first kappa shape index (κ1) is 14.7. The summed E-state index contributed by atoms with van der Waals surface area (Å²) in [6, 6.07) is 12.0. The van der Waals surface area contributed by atoms with Crippen LogP contribution in [0.4, 0.5) is 4.39 Å². The van der Waals surface area contributed by atoms with Crippen LogP contribution in [0, 0.1) is 17.1 Å². The van der Waals surface area contributed by atoms with Crippen LogP contribution in [0.15, 0.2) is 46.9 Å². The Morgan fingerprint density at radius 1 is 1.25 bits per heavy atom. The fourth-order valence-electron chi connectivity index (χ4n) is 1.78. The topological polar surface area (TPSA) is 40.9 Å². The maximum atomic E-state index is 12.9. The second-order valence-electron chi connectivity index (χ2n) is 4.10. The van der Waals surface area contributed by atoms with E-state index in [0.717, 1.165) is 0 Å². The maximum Gasteiger partial charge on any atom is 0.185 e. The number of hydrogen-bond acceptors (Lipinski definition) is 2. The Bertz CT molecular complexity index is 694. The highest BCUT2D eigenvalue weighted by Gasteiger charge is 2.23. The largest absolute Gasteiger partial charge is 0.292 e. The van der Waals surface area contributed by atoms with Gasteiger partial charge in [-0.15, -0.1) is 0 Å². The molecule has 5 heteroatoms. The summed E-state index contributed by atoms with van der Waals surface area (Å²) in [6.07, 6.45) is 0. The van der Waals surface area contributed by atoms with Gasteiger partial charge in [-0.3, -0.25) is 4.79 Å². The van der Waals surface area contributed by atoms with E-state index in [-0.39, 0.29) is 5.78 Å². The minimum Gasteiger partial charge on any atom is -0.292 e. The standard InChI is InChI=1S/C15H8BrClFNO/c16-14-6-3-10(17)7-12(14)15(20)13(8-19)9-1-4-11(18)5-2-9/h1-7,13H. The normalized spacial score (nSPS) is 11.7. The third-order valence-electron chi connectivity index (χ3n) is 2.79. The number of nitrogens with zero attached hydrogens (tertiary/aromatic N) is 1. The number of ketones is 1. The van der Waals surface area contributed by atoms with Gasteiger partial charge in [-0.25, -0.2) is 4.39 Å². The van der Waals surface area contributed by atoms with Crippen molar-refractivity contribution >= 4 is 33.3 Å². The van der Waals surface area contributed by atoms with Gasteiger partial charge in [0.1, 0.15) is 11.7 Å². The van der Waals surface area contributed by atoms with Gasteiger partial charge in [-0.2, -0.15) is 5.26 Å². The first-order valence-electron chi connectivity index (χ1n) is 5.67. The maximum absolute atomic E-state index is 12.9. The van der Waals surface area contributed by atoms with Crippen molar-refractivity contribution in [3.63, 3.8) is 0 Å². The molecular weight excluding hydrogens is 345 g/mol. The second-order valence-corrected chi connectivity index (χ2v) is 5.39. The Morgan fingerprint density at radius 2 is 1.90 bits per heavy atom. The second kappa shape index (κ2) is 6.17. The van der Waals surface area contributed by atoms with Crippen molar-refractivity contribution in [1.29, 1.82) is 5.26 Å². The molecule has 2 aromatic carbocycles. The van der Waals surface area contributed by atoms with Gasteiger partial charge >= 0.3 is 0 Å². The predicted molar refractivity (Wildman–Crippen MR) is 78.2 cm³/mol. The van der Waals surface area contributed by atoms with E-state index < -0.39 is 11.7 Å². The lowest BCUT2D eigenvalue weighted by Gasteiger charge is -2.10. The van der Waals surface area contributed by atoms with Gasteiger partial charge in [0.15, 0.2) is 5.78 Å². The highest BCUT2D eigenvalue weighted by Crippen LogP contribution is 2.27. The molecule has 0 saturated carbocycles. The molecule has 0 aliphatic heterocycles. The van der Waals surface area contributed by atoms with Gasteiger partial charge in [-0.1, -0.05) is 39.7 Å². The molecule has 0 aromatic heterocycles. The lowest BCUT2D eigenvalue weighted by Crippen LogP contribution is -2.12. The zero-order valence-electron chi connectivity index (χ0n) is 10.1. The summed E-state index contributed by atoms with van der Waals surface area (Å²) in [6.45, 7) is 0. The van der Waals surface area contributed by atoms with Crippen LogP contribution >= 0.6 is 27.5 Å². The van der Waals surface area contributed by atoms with Crippen LogP contribution in [0.25, 0.3) is 0 Å². The number of carbonyl (C=O) groups is 1. The third kappa shape index (κ3) is 3.06. The fourth-order valence-corrected chi connectivity index (χ4v) is 2.40. The molecule has 0 radical (unpaired) electrons. The van der Waals surface area contributed by atoms with Crippen molar-refractivity contribution in [3.05, 3.63) is 68.9 Å². The Hall–Kier alpha value is -1.70. The molecule has 1 unspecified atom stereocenters. The summed E-state index contributed by atoms with van der Waals surface area (Å²) >= 11 is 9.13. The summed E-state index contributed by atoms with van der Waals surface area (Å²) in [5, 5.41) is 9.64. The lowest BCUT2D eigenvalue weighted by atomic mass is 9.92. The molecule has 0 N–H and O–H groups in total. The molecule has 0 fully saturated rings. The average Bonchev–Trinajstić information content (AvgIpc) is 2.44. The minimum absolute atomic E-state index is 0.327. The van der Waals surface area contributed by atoms with E-state index in [4.69, 9.17) is 11.6 Å². The van der Waals surface area contributed by atoms with E-state index >= 15 is 0 Å². The lowest BCUT2D eigenvalue weighted by molar-refractivity contribution is 0.0978. The molecule has 0 amide bonds. The zero-order valence-corrected chi connectivity index (χ0v) is 12.5. The molecule has 2 nitrogen and oxygen atoms in total. The first-order chi connectivity index (χ1) is 9.52. The van der Waals surface area contributed by atoms with Crippen LogP contribution in [0.5, 0.6) is 0 Å². The summed E-state index contributed by atoms with van der Waals surface area (Å²) in [5.41, 5.74) is 0.777. The molecule has 0 spiro atoms. The van der Waals surface area contributed by atoms with E-state index in [9.17, 15) is 14.4 Å². The van der Waals surface area contributed by atoms with Gasteiger partial charge in [0.25, 0.3) is 0 Å². The molecule has 0 aliphatic rings. The van der Waals surface area contributed by atoms with E-state index in [1.807, 2.05) is 6.07 Å². The Balaban J connectivity index is 2.42. The van der Waals surface area contributed by atoms with Crippen LogP contribution in [0.2, 0.25) is 5.02 Å². The monoisotopic (exact) mass is 351 g/mol. The zero-order chi connectivity index (χ0) is 14.7. The van der Waals surface area contributed by atoms with E-state index in [2.05, 4.69) is 15.9 Å². The van der Waals surface area contributed by atoms with E-state index in [0.29, 0.717) is 20.6 Å². The van der Waals surface area contributed by atoms with Gasteiger partial charge in [0, 0.05) is 15.1 Å². The van der Waals surface area contributed by atoms with E-state index in [1.165, 1.54) is 30.3 Å². The van der Waals surface area contributed by atoms with Gasteiger partial charge in [0.2, 0.25) is 0 Å². The molecule has 0 saturated heterocycles. The van der Waals surface area contributed by atoms with Crippen molar-refractivity contribution in [2.75, 3.05) is 0 Å². The van der Waals surface area contributed by atoms with Gasteiger partial charge in [0.05, 0.1) is 6.07 Å². The Labute approximate surface area is 128 Å². The summed E-state index contributed by atoms with van der Waals surface area (Å²) in [5.74, 6) is -1.79. The molecular formula is C15H8BrClFNO. The first-order valence-corrected chi connectivity index (χ1v) is 6.84. The molecule has 1 atom stereocenters. The highest BCUT2D eigenvalue weighted by molar-refractivity contribution is 9.10. The minimum atomic E-state index is -0.995. The van der Waals surface area contributed by atoms with Gasteiger partial charge in [-0.05, 0) is 35.9 Å². The highest BCUT2D eigenvalue weighted by atomic mass is 79.9. The smallest absolute Gasteiger partial charge is 0.185 e. The molecule has 0 bridgehead atoms. The SMILES string of the molecule is N#CC(C(=O)c1cc(Cl)ccc1Br)c1ccc(F)cc1. The summed E-state index contributed by atoms with van der Waals surface area (Å²) < 4.78 is 13.5. The number of rotatable bonds is 3. The molecule has 0 aliphatic carbocycles. The number of nitriles is 1. The van der Waals surface area contributed by atoms with Crippen molar-refractivity contribution < 1.29 is 9.18 Å². The average molecular weight is 353 g/mol. The van der Waals surface area contributed by atoms with Crippen LogP contribution in [-0.2, 0) is 0 Å². The fraction of sp³-hybridized carbons (Fsp3) is 0.0667. The van der Waals surface area contributed by atoms with Crippen molar-refractivity contribution in [2.24, 2.45) is 0 Å². The molecule has 100 valence electrons. The molecule has 2 aromatic rings. The predicted octanol–water partition coefficient (Wildman–Crippen LogP) is 4.73. The molecule has 0 heterocycles. The van der Waals surface area contributed by atoms with Crippen LogP contribution < -0.4 is 0 Å². The Kier molecular flexibility index (Phi) is 4.53. The number of carbonyl (C=O) groups excluding carboxylic acids is 1. The number of Topliss-reactive ketones (excluding diaryl/α,β-unsaturated/α-hetero) is 1. The molecule has 20 heavy (non-hydrogen) atoms. The summed E-state index contributed by atoms with van der Waals surface area (Å²) in [4.78, 5) is 12.4. The van der Waals surface area contributed by atoms with E-state index in [1.54, 1.807) is 12.1 Å². The Morgan fingerprint density at radius 3 is 2.50 bits per heavy atom. The number of halogens is 3. The van der Waals surface area contributed by atoms with Crippen molar-refractivity contribution in [2.45, 2.75) is 5.92 Å². The van der Waals surface area contributed by atoms with Crippen molar-refractivity contribution in [1.82, 2.24) is 0 Å².